The molecule has 0 saturated carbocycles. The van der Waals surface area contributed by atoms with Gasteiger partial charge in [-0.3, -0.25) is 9.59 Å². The molecular formula is C19H20ClN3O3. The average Bonchev–Trinajstić information content (AvgIpc) is 3.00. The van der Waals surface area contributed by atoms with E-state index < -0.39 is 5.41 Å². The molecule has 1 atom stereocenters. The monoisotopic (exact) mass is 373 g/mol. The first-order valence-electron chi connectivity index (χ1n) is 8.38. The van der Waals surface area contributed by atoms with Crippen LogP contribution in [0, 0.1) is 22.2 Å². The van der Waals surface area contributed by atoms with E-state index in [-0.39, 0.29) is 33.6 Å². The van der Waals surface area contributed by atoms with Crippen LogP contribution in [0.2, 0.25) is 5.02 Å². The zero-order valence-corrected chi connectivity index (χ0v) is 15.8. The predicted molar refractivity (Wildman–Crippen MR) is 95.9 cm³/mol. The number of aromatic nitrogens is 1. The van der Waals surface area contributed by atoms with Crippen molar-refractivity contribution in [2.24, 2.45) is 10.8 Å². The normalized spacial score (nSPS) is 24.3. The highest BCUT2D eigenvalue weighted by atomic mass is 35.5. The predicted octanol–water partition coefficient (Wildman–Crippen LogP) is 3.02. The Morgan fingerprint density at radius 2 is 2.19 bits per heavy atom. The second-order valence-electron chi connectivity index (χ2n) is 7.61. The largest absolute Gasteiger partial charge is 0.480 e. The van der Waals surface area contributed by atoms with Crippen LogP contribution >= 0.6 is 11.6 Å². The third-order valence-corrected chi connectivity index (χ3v) is 5.42. The summed E-state index contributed by atoms with van der Waals surface area (Å²) in [5, 5.41) is 9.60. The number of nitrogens with zero attached hydrogens (tertiary/aromatic N) is 3. The summed E-state index contributed by atoms with van der Waals surface area (Å²) in [6.07, 6.45) is 4.56. The molecule has 0 aromatic carbocycles. The molecule has 1 amide bonds. The van der Waals surface area contributed by atoms with Gasteiger partial charge in [-0.05, 0) is 18.9 Å². The van der Waals surface area contributed by atoms with Gasteiger partial charge in [0.25, 0.3) is 5.91 Å². The first-order chi connectivity index (χ1) is 12.2. The lowest BCUT2D eigenvalue weighted by atomic mass is 9.64. The van der Waals surface area contributed by atoms with Crippen molar-refractivity contribution in [2.45, 2.75) is 26.7 Å². The second kappa shape index (κ2) is 6.40. The van der Waals surface area contributed by atoms with Crippen LogP contribution in [-0.2, 0) is 4.79 Å². The summed E-state index contributed by atoms with van der Waals surface area (Å²) in [7, 11) is 1.46. The maximum atomic E-state index is 12.8. The summed E-state index contributed by atoms with van der Waals surface area (Å²) in [6.45, 7) is 4.75. The van der Waals surface area contributed by atoms with E-state index in [1.165, 1.54) is 13.3 Å². The Labute approximate surface area is 157 Å². The lowest BCUT2D eigenvalue weighted by Gasteiger charge is -2.38. The van der Waals surface area contributed by atoms with Crippen molar-refractivity contribution in [3.63, 3.8) is 0 Å². The van der Waals surface area contributed by atoms with E-state index in [1.54, 1.807) is 17.0 Å². The number of nitriles is 1. The molecule has 3 rings (SSSR count). The summed E-state index contributed by atoms with van der Waals surface area (Å²) in [5.74, 6) is -0.0164. The van der Waals surface area contributed by atoms with Gasteiger partial charge in [0.2, 0.25) is 5.88 Å². The van der Waals surface area contributed by atoms with Gasteiger partial charge in [0.15, 0.2) is 5.78 Å². The number of pyridine rings is 1. The van der Waals surface area contributed by atoms with Crippen molar-refractivity contribution in [2.75, 3.05) is 20.2 Å². The van der Waals surface area contributed by atoms with Gasteiger partial charge in [0, 0.05) is 30.1 Å². The van der Waals surface area contributed by atoms with Crippen LogP contribution in [0.15, 0.2) is 23.9 Å². The third-order valence-electron chi connectivity index (χ3n) is 5.14. The Morgan fingerprint density at radius 3 is 2.81 bits per heavy atom. The van der Waals surface area contributed by atoms with Crippen LogP contribution in [0.3, 0.4) is 0 Å². The molecule has 1 aromatic rings. The molecule has 2 aliphatic rings. The van der Waals surface area contributed by atoms with Gasteiger partial charge in [-0.15, -0.1) is 0 Å². The van der Waals surface area contributed by atoms with Crippen molar-refractivity contribution < 1.29 is 14.3 Å². The van der Waals surface area contributed by atoms with Gasteiger partial charge < -0.3 is 9.64 Å². The van der Waals surface area contributed by atoms with E-state index in [1.807, 2.05) is 19.9 Å². The molecule has 26 heavy (non-hydrogen) atoms. The fourth-order valence-corrected chi connectivity index (χ4v) is 4.28. The first kappa shape index (κ1) is 18.4. The SMILES string of the molecule is COc1ncc(C(=O)N2CCC3(C=C(C#N)C(=O)C(C)(C)C3)C2)cc1Cl. The van der Waals surface area contributed by atoms with Gasteiger partial charge >= 0.3 is 0 Å². The minimum atomic E-state index is -0.607. The molecular weight excluding hydrogens is 354 g/mol. The fraction of sp³-hybridized carbons (Fsp3) is 0.474. The molecule has 0 bridgehead atoms. The Morgan fingerprint density at radius 1 is 1.46 bits per heavy atom. The average molecular weight is 374 g/mol. The highest BCUT2D eigenvalue weighted by Crippen LogP contribution is 2.48. The van der Waals surface area contributed by atoms with Crippen molar-refractivity contribution in [1.82, 2.24) is 9.88 Å². The standard InChI is InChI=1S/C19H20ClN3O3/c1-18(2)10-19(7-13(8-21)15(18)24)4-5-23(11-19)17(25)12-6-14(20)16(26-3)22-9-12/h6-7,9H,4-5,10-11H2,1-3H3. The van der Waals surface area contributed by atoms with Crippen molar-refractivity contribution in [3.8, 4) is 11.9 Å². The lowest BCUT2D eigenvalue weighted by molar-refractivity contribution is -0.125. The van der Waals surface area contributed by atoms with E-state index in [0.717, 1.165) is 6.42 Å². The van der Waals surface area contributed by atoms with Crippen molar-refractivity contribution in [3.05, 3.63) is 34.5 Å². The number of methoxy groups -OCH3 is 1. The summed E-state index contributed by atoms with van der Waals surface area (Å²) >= 11 is 6.07. The van der Waals surface area contributed by atoms with Crippen LogP contribution < -0.4 is 4.74 Å². The molecule has 0 radical (unpaired) electrons. The van der Waals surface area contributed by atoms with E-state index >= 15 is 0 Å². The number of allylic oxidation sites excluding steroid dienone is 1. The smallest absolute Gasteiger partial charge is 0.255 e. The zero-order chi connectivity index (χ0) is 19.1. The molecule has 1 aliphatic carbocycles. The maximum Gasteiger partial charge on any atom is 0.255 e. The maximum absolute atomic E-state index is 12.8. The lowest BCUT2D eigenvalue weighted by Crippen LogP contribution is -2.40. The fourth-order valence-electron chi connectivity index (χ4n) is 4.04. The number of likely N-dealkylation sites (tertiary alicyclic amines) is 1. The van der Waals surface area contributed by atoms with E-state index in [2.05, 4.69) is 4.98 Å². The van der Waals surface area contributed by atoms with Crippen LogP contribution in [0.5, 0.6) is 5.88 Å². The molecule has 1 aliphatic heterocycles. The van der Waals surface area contributed by atoms with E-state index in [4.69, 9.17) is 16.3 Å². The van der Waals surface area contributed by atoms with Gasteiger partial charge in [-0.25, -0.2) is 4.98 Å². The minimum Gasteiger partial charge on any atom is -0.480 e. The van der Waals surface area contributed by atoms with Gasteiger partial charge in [0.1, 0.15) is 11.1 Å². The summed E-state index contributed by atoms with van der Waals surface area (Å²) < 4.78 is 5.01. The molecule has 0 N–H and O–H groups in total. The number of ether oxygens (including phenoxy) is 1. The number of hydrogen-bond acceptors (Lipinski definition) is 5. The quantitative estimate of drug-likeness (QED) is 0.795. The van der Waals surface area contributed by atoms with Crippen LogP contribution in [0.1, 0.15) is 37.0 Å². The number of amides is 1. The molecule has 1 saturated heterocycles. The molecule has 1 unspecified atom stereocenters. The number of carbonyl (C=O) groups is 2. The Bertz CT molecular complexity index is 856. The molecule has 136 valence electrons. The minimum absolute atomic E-state index is 0.124. The van der Waals surface area contributed by atoms with Crippen LogP contribution in [-0.4, -0.2) is 41.8 Å². The van der Waals surface area contributed by atoms with Crippen molar-refractivity contribution >= 4 is 23.3 Å². The number of Topliss-reactive ketones (excluding diaryl/α,β-unsaturated/α-hetero) is 1. The van der Waals surface area contributed by atoms with Gasteiger partial charge in [-0.1, -0.05) is 31.5 Å². The highest BCUT2D eigenvalue weighted by molar-refractivity contribution is 6.32. The number of rotatable bonds is 2. The van der Waals surface area contributed by atoms with Crippen molar-refractivity contribution in [1.29, 1.82) is 5.26 Å². The number of hydrogen-bond donors (Lipinski definition) is 0. The summed E-state index contributed by atoms with van der Waals surface area (Å²) in [5.41, 5.74) is -0.362. The zero-order valence-electron chi connectivity index (χ0n) is 15.0. The summed E-state index contributed by atoms with van der Waals surface area (Å²) in [4.78, 5) is 31.0. The molecule has 1 fully saturated rings. The molecule has 6 nitrogen and oxygen atoms in total. The Hall–Kier alpha value is -2.39. The van der Waals surface area contributed by atoms with E-state index in [0.29, 0.717) is 25.1 Å². The Balaban J connectivity index is 1.85. The van der Waals surface area contributed by atoms with Crippen LogP contribution in [0.4, 0.5) is 0 Å². The second-order valence-corrected chi connectivity index (χ2v) is 8.02. The van der Waals surface area contributed by atoms with Crippen LogP contribution in [0.25, 0.3) is 0 Å². The topological polar surface area (TPSA) is 83.3 Å². The Kier molecular flexibility index (Phi) is 4.53. The molecule has 1 spiro atoms. The molecule has 7 heteroatoms. The van der Waals surface area contributed by atoms with Gasteiger partial charge in [0.05, 0.1) is 18.2 Å². The first-order valence-corrected chi connectivity index (χ1v) is 8.76. The molecule has 2 heterocycles. The number of ketones is 1. The highest BCUT2D eigenvalue weighted by Gasteiger charge is 2.48. The number of carbonyl (C=O) groups excluding carboxylic acids is 2. The van der Waals surface area contributed by atoms with E-state index in [9.17, 15) is 14.9 Å². The third kappa shape index (κ3) is 3.08. The van der Waals surface area contributed by atoms with Gasteiger partial charge in [-0.2, -0.15) is 5.26 Å². The molecule has 1 aromatic heterocycles. The summed E-state index contributed by atoms with van der Waals surface area (Å²) in [6, 6.07) is 3.57. The number of halogens is 1.